The first-order valence-electron chi connectivity index (χ1n) is 8.94. The molecule has 0 saturated heterocycles. The van der Waals surface area contributed by atoms with E-state index < -0.39 is 5.54 Å². The third-order valence-corrected chi connectivity index (χ3v) is 5.30. The van der Waals surface area contributed by atoms with Crippen molar-refractivity contribution >= 4 is 11.9 Å². The van der Waals surface area contributed by atoms with E-state index in [2.05, 4.69) is 15.0 Å². The van der Waals surface area contributed by atoms with E-state index in [9.17, 15) is 4.79 Å². The Bertz CT molecular complexity index is 1180. The van der Waals surface area contributed by atoms with E-state index >= 15 is 0 Å². The molecule has 1 aromatic heterocycles. The zero-order valence-corrected chi connectivity index (χ0v) is 15.8. The van der Waals surface area contributed by atoms with Gasteiger partial charge in [0.05, 0.1) is 7.11 Å². The molecule has 5 rings (SSSR count). The highest BCUT2D eigenvalue weighted by Gasteiger charge is 2.54. The Balaban J connectivity index is 1.80. The smallest absolute Gasteiger partial charge is 0.266 e. The summed E-state index contributed by atoms with van der Waals surface area (Å²) >= 11 is 0. The van der Waals surface area contributed by atoms with Crippen molar-refractivity contribution in [3.63, 3.8) is 0 Å². The monoisotopic (exact) mass is 387 g/mol. The van der Waals surface area contributed by atoms with Crippen molar-refractivity contribution in [3.05, 3.63) is 66.2 Å². The normalized spacial score (nSPS) is 19.4. The number of ether oxygens (including phenoxy) is 2. The van der Waals surface area contributed by atoms with Gasteiger partial charge in [0, 0.05) is 36.1 Å². The third kappa shape index (κ3) is 2.32. The second kappa shape index (κ2) is 6.03. The molecule has 2 aromatic carbocycles. The van der Waals surface area contributed by atoms with Gasteiger partial charge in [-0.05, 0) is 35.9 Å². The molecule has 0 bridgehead atoms. The molecular weight excluding hydrogens is 370 g/mol. The summed E-state index contributed by atoms with van der Waals surface area (Å²) in [6, 6.07) is 10.9. The van der Waals surface area contributed by atoms with Crippen molar-refractivity contribution in [2.45, 2.75) is 5.54 Å². The molecule has 0 saturated carbocycles. The minimum absolute atomic E-state index is 0.144. The fourth-order valence-corrected chi connectivity index (χ4v) is 3.79. The van der Waals surface area contributed by atoms with Crippen LogP contribution >= 0.6 is 0 Å². The number of likely N-dealkylation sites (N-methyl/N-ethyl adjacent to an activating group) is 1. The number of guanidine groups is 1. The Labute approximate surface area is 166 Å². The van der Waals surface area contributed by atoms with E-state index in [0.29, 0.717) is 28.4 Å². The van der Waals surface area contributed by atoms with Crippen LogP contribution in [0.4, 0.5) is 0 Å². The number of fused-ring (bicyclic) bond motifs is 4. The molecule has 3 heterocycles. The quantitative estimate of drug-likeness (QED) is 0.724. The van der Waals surface area contributed by atoms with E-state index in [4.69, 9.17) is 15.2 Å². The van der Waals surface area contributed by atoms with Crippen LogP contribution in [0.15, 0.2) is 60.1 Å². The molecule has 0 radical (unpaired) electrons. The average Bonchev–Trinajstić information content (AvgIpc) is 2.99. The summed E-state index contributed by atoms with van der Waals surface area (Å²) in [4.78, 5) is 27.6. The van der Waals surface area contributed by atoms with Crippen LogP contribution in [0.2, 0.25) is 0 Å². The van der Waals surface area contributed by atoms with Crippen LogP contribution in [0.25, 0.3) is 11.1 Å². The lowest BCUT2D eigenvalue weighted by Crippen LogP contribution is -2.42. The molecule has 144 valence electrons. The van der Waals surface area contributed by atoms with Crippen molar-refractivity contribution in [2.24, 2.45) is 10.7 Å². The average molecular weight is 387 g/mol. The lowest BCUT2D eigenvalue weighted by atomic mass is 9.79. The van der Waals surface area contributed by atoms with Crippen LogP contribution in [0.3, 0.4) is 0 Å². The molecule has 2 aliphatic rings. The minimum Gasteiger partial charge on any atom is -0.497 e. The number of amides is 1. The lowest BCUT2D eigenvalue weighted by Gasteiger charge is -2.34. The SMILES string of the molecule is COc1ccc2c(c1)[C@@]1(N=C(N)N(C)C1=O)c1cc(-c3cncnc3)ccc1O2. The van der Waals surface area contributed by atoms with Crippen LogP contribution in [0, 0.1) is 0 Å². The maximum absolute atomic E-state index is 13.5. The number of nitrogens with zero attached hydrogens (tertiary/aromatic N) is 4. The van der Waals surface area contributed by atoms with Gasteiger partial charge < -0.3 is 15.2 Å². The number of hydrogen-bond donors (Lipinski definition) is 1. The van der Waals surface area contributed by atoms with Gasteiger partial charge in [-0.2, -0.15) is 0 Å². The minimum atomic E-state index is -1.35. The number of rotatable bonds is 2. The molecule has 0 aliphatic carbocycles. The number of benzene rings is 2. The van der Waals surface area contributed by atoms with Gasteiger partial charge in [-0.1, -0.05) is 6.07 Å². The zero-order valence-electron chi connectivity index (χ0n) is 15.8. The number of carbonyl (C=O) groups excluding carboxylic acids is 1. The summed E-state index contributed by atoms with van der Waals surface area (Å²) in [5.41, 5.74) is 7.58. The molecule has 8 heteroatoms. The van der Waals surface area contributed by atoms with Crippen LogP contribution < -0.4 is 15.2 Å². The second-order valence-electron chi connectivity index (χ2n) is 6.85. The number of hydrogen-bond acceptors (Lipinski definition) is 7. The van der Waals surface area contributed by atoms with E-state index in [1.165, 1.54) is 11.2 Å². The van der Waals surface area contributed by atoms with E-state index in [1.807, 2.05) is 18.2 Å². The first kappa shape index (κ1) is 17.2. The highest BCUT2D eigenvalue weighted by atomic mass is 16.5. The first-order chi connectivity index (χ1) is 14.0. The summed E-state index contributed by atoms with van der Waals surface area (Å²) in [6.07, 6.45) is 4.89. The van der Waals surface area contributed by atoms with Gasteiger partial charge in [0.25, 0.3) is 5.91 Å². The Hall–Kier alpha value is -3.94. The summed E-state index contributed by atoms with van der Waals surface area (Å²) < 4.78 is 11.5. The van der Waals surface area contributed by atoms with Gasteiger partial charge in [0.1, 0.15) is 23.6 Å². The third-order valence-electron chi connectivity index (χ3n) is 5.30. The zero-order chi connectivity index (χ0) is 20.2. The summed E-state index contributed by atoms with van der Waals surface area (Å²) in [5.74, 6) is 1.57. The van der Waals surface area contributed by atoms with Crippen LogP contribution in [-0.4, -0.2) is 40.9 Å². The molecule has 29 heavy (non-hydrogen) atoms. The maximum Gasteiger partial charge on any atom is 0.266 e. The van der Waals surface area contributed by atoms with Crippen LogP contribution in [-0.2, 0) is 10.3 Å². The van der Waals surface area contributed by atoms with Crippen LogP contribution in [0.5, 0.6) is 17.2 Å². The Morgan fingerprint density at radius 2 is 1.72 bits per heavy atom. The van der Waals surface area contributed by atoms with Crippen molar-refractivity contribution in [3.8, 4) is 28.4 Å². The first-order valence-corrected chi connectivity index (χ1v) is 8.94. The molecule has 1 spiro atoms. The Morgan fingerprint density at radius 3 is 2.38 bits per heavy atom. The number of aliphatic imine (C=N–C) groups is 1. The molecule has 3 aromatic rings. The van der Waals surface area contributed by atoms with Crippen molar-refractivity contribution in [1.29, 1.82) is 0 Å². The molecule has 1 atom stereocenters. The highest BCUT2D eigenvalue weighted by Crippen LogP contribution is 2.53. The molecule has 1 amide bonds. The lowest BCUT2D eigenvalue weighted by molar-refractivity contribution is -0.129. The Morgan fingerprint density at radius 1 is 1.03 bits per heavy atom. The summed E-state index contributed by atoms with van der Waals surface area (Å²) in [7, 11) is 3.18. The summed E-state index contributed by atoms with van der Waals surface area (Å²) in [6.45, 7) is 0. The molecule has 0 unspecified atom stereocenters. The maximum atomic E-state index is 13.5. The Kier molecular flexibility index (Phi) is 3.57. The predicted octanol–water partition coefficient (Wildman–Crippen LogP) is 2.29. The fourth-order valence-electron chi connectivity index (χ4n) is 3.79. The summed E-state index contributed by atoms with van der Waals surface area (Å²) in [5, 5.41) is 0. The van der Waals surface area contributed by atoms with Gasteiger partial charge in [-0.3, -0.25) is 9.69 Å². The van der Waals surface area contributed by atoms with Crippen LogP contribution in [0.1, 0.15) is 11.1 Å². The standard InChI is InChI=1S/C21H17N5O3/c1-26-19(27)21(25-20(26)22)15-7-12(13-9-23-11-24-10-13)3-5-17(15)29-18-6-4-14(28-2)8-16(18)21/h3-11H,1-2H3,(H2,22,25)/t21-/m0/s1. The van der Waals surface area contributed by atoms with E-state index in [1.54, 1.807) is 44.8 Å². The van der Waals surface area contributed by atoms with Gasteiger partial charge in [-0.15, -0.1) is 0 Å². The van der Waals surface area contributed by atoms with E-state index in [-0.39, 0.29) is 11.9 Å². The number of carbonyl (C=O) groups is 1. The number of nitrogens with two attached hydrogens (primary N) is 1. The van der Waals surface area contributed by atoms with E-state index in [0.717, 1.165) is 11.1 Å². The van der Waals surface area contributed by atoms with Crippen molar-refractivity contribution in [1.82, 2.24) is 14.9 Å². The number of methoxy groups -OCH3 is 1. The topological polar surface area (TPSA) is 103 Å². The molecule has 2 N–H and O–H groups in total. The predicted molar refractivity (Wildman–Crippen MR) is 106 cm³/mol. The van der Waals surface area contributed by atoms with Crippen molar-refractivity contribution in [2.75, 3.05) is 14.2 Å². The molecule has 8 nitrogen and oxygen atoms in total. The fraction of sp³-hybridized carbons (Fsp3) is 0.143. The van der Waals surface area contributed by atoms with Gasteiger partial charge in [0.2, 0.25) is 5.54 Å². The molecule has 0 fully saturated rings. The molecular formula is C21H17N5O3. The van der Waals surface area contributed by atoms with Crippen molar-refractivity contribution < 1.29 is 14.3 Å². The van der Waals surface area contributed by atoms with Gasteiger partial charge in [-0.25, -0.2) is 15.0 Å². The highest BCUT2D eigenvalue weighted by molar-refractivity contribution is 6.10. The van der Waals surface area contributed by atoms with Gasteiger partial charge in [0.15, 0.2) is 5.96 Å². The second-order valence-corrected chi connectivity index (χ2v) is 6.85. The van der Waals surface area contributed by atoms with Gasteiger partial charge >= 0.3 is 0 Å². The largest absolute Gasteiger partial charge is 0.497 e. The number of aromatic nitrogens is 2. The molecule has 2 aliphatic heterocycles.